The van der Waals surface area contributed by atoms with Crippen molar-refractivity contribution >= 4 is 23.9 Å². The van der Waals surface area contributed by atoms with Crippen LogP contribution in [0.4, 0.5) is 0 Å². The monoisotopic (exact) mass is 279 g/mol. The molecule has 106 valence electrons. The van der Waals surface area contributed by atoms with Gasteiger partial charge in [0.1, 0.15) is 0 Å². The van der Waals surface area contributed by atoms with Gasteiger partial charge >= 0.3 is 23.9 Å². The first kappa shape index (κ1) is 12.0. The Morgan fingerprint density at radius 3 is 2.00 bits per heavy atom. The maximum absolute atomic E-state index is 12.0. The fraction of sp³-hybridized carbons (Fsp3) is 0.692. The number of hydrogen-bond donors (Lipinski definition) is 1. The summed E-state index contributed by atoms with van der Waals surface area (Å²) in [6.45, 7) is 0. The lowest BCUT2D eigenvalue weighted by atomic mass is 9.74. The molecule has 7 atom stereocenters. The maximum Gasteiger partial charge on any atom is 0.317 e. The second kappa shape index (κ2) is 3.66. The van der Waals surface area contributed by atoms with Crippen molar-refractivity contribution in [3.63, 3.8) is 0 Å². The van der Waals surface area contributed by atoms with E-state index in [9.17, 15) is 19.2 Å². The molecule has 7 nitrogen and oxygen atoms in total. The molecule has 2 aliphatic carbocycles. The van der Waals surface area contributed by atoms with Crippen LogP contribution in [-0.4, -0.2) is 29.9 Å². The van der Waals surface area contributed by atoms with Crippen LogP contribution in [-0.2, 0) is 28.7 Å². The molecule has 2 bridgehead atoms. The minimum Gasteiger partial charge on any atom is -0.393 e. The van der Waals surface area contributed by atoms with Crippen molar-refractivity contribution in [1.29, 1.82) is 0 Å². The third-order valence-corrected chi connectivity index (χ3v) is 5.14. The molecule has 6 unspecified atom stereocenters. The van der Waals surface area contributed by atoms with Gasteiger partial charge in [0.2, 0.25) is 0 Å². The van der Waals surface area contributed by atoms with Crippen molar-refractivity contribution in [2.75, 3.05) is 0 Å². The fourth-order valence-corrected chi connectivity index (χ4v) is 4.14. The normalized spacial score (nSPS) is 49.5. The second-order valence-electron chi connectivity index (χ2n) is 6.12. The smallest absolute Gasteiger partial charge is 0.317 e. The van der Waals surface area contributed by atoms with E-state index in [1.165, 1.54) is 0 Å². The highest BCUT2D eigenvalue weighted by molar-refractivity contribution is 6.00. The van der Waals surface area contributed by atoms with E-state index >= 15 is 0 Å². The molecule has 0 aromatic rings. The third kappa shape index (κ3) is 1.38. The molecule has 0 amide bonds. The second-order valence-corrected chi connectivity index (χ2v) is 6.12. The van der Waals surface area contributed by atoms with Crippen LogP contribution in [0.3, 0.4) is 0 Å². The van der Waals surface area contributed by atoms with E-state index in [4.69, 9.17) is 15.2 Å². The van der Waals surface area contributed by atoms with Gasteiger partial charge in [0.25, 0.3) is 0 Å². The summed E-state index contributed by atoms with van der Waals surface area (Å²) in [7, 11) is 0. The maximum atomic E-state index is 12.0. The Morgan fingerprint density at radius 1 is 0.800 bits per heavy atom. The van der Waals surface area contributed by atoms with Gasteiger partial charge in [-0.1, -0.05) is 0 Å². The van der Waals surface area contributed by atoms with E-state index in [1.54, 1.807) is 0 Å². The summed E-state index contributed by atoms with van der Waals surface area (Å²) < 4.78 is 9.50. The summed E-state index contributed by atoms with van der Waals surface area (Å²) in [5.74, 6) is -5.72. The zero-order chi connectivity index (χ0) is 14.2. The number of esters is 4. The fourth-order valence-electron chi connectivity index (χ4n) is 4.14. The molecular weight excluding hydrogens is 266 g/mol. The molecule has 2 aliphatic heterocycles. The molecule has 2 saturated carbocycles. The minimum absolute atomic E-state index is 0.0645. The summed E-state index contributed by atoms with van der Waals surface area (Å²) in [4.78, 5) is 47.6. The lowest BCUT2D eigenvalue weighted by molar-refractivity contribution is -0.179. The van der Waals surface area contributed by atoms with Gasteiger partial charge in [-0.15, -0.1) is 0 Å². The Hall–Kier alpha value is -1.76. The lowest BCUT2D eigenvalue weighted by Gasteiger charge is -2.32. The summed E-state index contributed by atoms with van der Waals surface area (Å²) in [6, 6.07) is -0.103. The highest BCUT2D eigenvalue weighted by atomic mass is 16.6. The van der Waals surface area contributed by atoms with Gasteiger partial charge < -0.3 is 15.2 Å². The molecule has 2 N–H and O–H groups in total. The van der Waals surface area contributed by atoms with E-state index in [1.807, 2.05) is 0 Å². The number of ether oxygens (including phenoxy) is 2. The number of cyclic esters (lactones) is 4. The summed E-state index contributed by atoms with van der Waals surface area (Å²) in [5, 5.41) is 0. The molecule has 0 spiro atoms. The molecule has 0 aromatic carbocycles. The quantitative estimate of drug-likeness (QED) is 0.483. The van der Waals surface area contributed by atoms with Gasteiger partial charge in [-0.25, -0.2) is 0 Å². The Balaban J connectivity index is 1.77. The van der Waals surface area contributed by atoms with Crippen LogP contribution >= 0.6 is 0 Å². The van der Waals surface area contributed by atoms with Crippen LogP contribution in [0.1, 0.15) is 12.8 Å². The SMILES string of the molecule is N[C@@H]1CC1C1C(=O)OC(=O)C2C3CC(C(=O)OC3=O)C21. The predicted octanol–water partition coefficient (Wildman–Crippen LogP) is -1.01. The Labute approximate surface area is 113 Å². The van der Waals surface area contributed by atoms with E-state index in [0.29, 0.717) is 6.42 Å². The van der Waals surface area contributed by atoms with Crippen LogP contribution in [0.5, 0.6) is 0 Å². The van der Waals surface area contributed by atoms with E-state index in [-0.39, 0.29) is 18.4 Å². The van der Waals surface area contributed by atoms with Crippen LogP contribution in [0.25, 0.3) is 0 Å². The van der Waals surface area contributed by atoms with Crippen molar-refractivity contribution in [2.24, 2.45) is 41.2 Å². The van der Waals surface area contributed by atoms with Gasteiger partial charge in [-0.05, 0) is 24.7 Å². The predicted molar refractivity (Wildman–Crippen MR) is 60.3 cm³/mol. The standard InChI is InChI=1S/C13H13NO6/c14-6-2-3(6)8-7-4-1-5(11(16)19-10(4)15)9(7)13(18)20-12(8)17/h3-9H,1-2,14H2/t3?,4?,5?,6-,7?,8?,9?/m1/s1. The van der Waals surface area contributed by atoms with Crippen LogP contribution in [0.15, 0.2) is 0 Å². The highest BCUT2D eigenvalue weighted by Gasteiger charge is 2.66. The van der Waals surface area contributed by atoms with E-state index in [2.05, 4.69) is 0 Å². The van der Waals surface area contributed by atoms with Crippen molar-refractivity contribution in [3.05, 3.63) is 0 Å². The summed E-state index contributed by atoms with van der Waals surface area (Å²) >= 11 is 0. The average Bonchev–Trinajstić information content (AvgIpc) is 2.96. The van der Waals surface area contributed by atoms with Crippen molar-refractivity contribution < 1.29 is 28.7 Å². The first-order chi connectivity index (χ1) is 9.49. The number of rotatable bonds is 1. The van der Waals surface area contributed by atoms with Crippen LogP contribution in [0.2, 0.25) is 0 Å². The van der Waals surface area contributed by atoms with Gasteiger partial charge in [0.15, 0.2) is 0 Å². The number of fused-ring (bicyclic) bond motifs is 5. The molecule has 4 rings (SSSR count). The molecule has 4 aliphatic rings. The van der Waals surface area contributed by atoms with Crippen LogP contribution < -0.4 is 5.73 Å². The number of hydrogen-bond acceptors (Lipinski definition) is 7. The van der Waals surface area contributed by atoms with Crippen LogP contribution in [0, 0.1) is 35.5 Å². The van der Waals surface area contributed by atoms with E-state index in [0.717, 1.165) is 0 Å². The van der Waals surface area contributed by atoms with Gasteiger partial charge in [-0.3, -0.25) is 19.2 Å². The minimum atomic E-state index is -0.741. The number of carbonyl (C=O) groups excluding carboxylic acids is 4. The largest absolute Gasteiger partial charge is 0.393 e. The summed E-state index contributed by atoms with van der Waals surface area (Å²) in [5.41, 5.74) is 5.80. The van der Waals surface area contributed by atoms with Crippen molar-refractivity contribution in [1.82, 2.24) is 0 Å². The first-order valence-corrected chi connectivity index (χ1v) is 6.75. The molecule has 0 radical (unpaired) electrons. The van der Waals surface area contributed by atoms with Crippen molar-refractivity contribution in [2.45, 2.75) is 18.9 Å². The molecular formula is C13H13NO6. The molecule has 4 fully saturated rings. The zero-order valence-electron chi connectivity index (χ0n) is 10.5. The van der Waals surface area contributed by atoms with Gasteiger partial charge in [0, 0.05) is 6.04 Å². The van der Waals surface area contributed by atoms with Crippen molar-refractivity contribution in [3.8, 4) is 0 Å². The average molecular weight is 279 g/mol. The molecule has 2 heterocycles. The Kier molecular flexibility index (Phi) is 2.20. The van der Waals surface area contributed by atoms with Gasteiger partial charge in [-0.2, -0.15) is 0 Å². The molecule has 7 heteroatoms. The summed E-state index contributed by atoms with van der Waals surface area (Å²) in [6.07, 6.45) is 0.950. The Morgan fingerprint density at radius 2 is 1.35 bits per heavy atom. The number of nitrogens with two attached hydrogens (primary N) is 1. The Bertz CT molecular complexity index is 557. The number of carbonyl (C=O) groups is 4. The topological polar surface area (TPSA) is 113 Å². The molecule has 2 saturated heterocycles. The lowest BCUT2D eigenvalue weighted by Crippen LogP contribution is -2.46. The molecule has 20 heavy (non-hydrogen) atoms. The van der Waals surface area contributed by atoms with E-state index < -0.39 is 53.5 Å². The molecule has 0 aromatic heterocycles. The van der Waals surface area contributed by atoms with Gasteiger partial charge in [0.05, 0.1) is 23.7 Å². The third-order valence-electron chi connectivity index (χ3n) is 5.14. The zero-order valence-corrected chi connectivity index (χ0v) is 10.5. The highest BCUT2D eigenvalue weighted by Crippen LogP contribution is 2.56. The first-order valence-electron chi connectivity index (χ1n) is 6.75.